The van der Waals surface area contributed by atoms with E-state index in [0.717, 1.165) is 44.0 Å². The van der Waals surface area contributed by atoms with Crippen molar-refractivity contribution < 1.29 is 13.2 Å². The molecule has 6 nitrogen and oxygen atoms in total. The van der Waals surface area contributed by atoms with Gasteiger partial charge in [0.25, 0.3) is 5.91 Å². The molecular weight excluding hydrogens is 410 g/mol. The second-order valence-electron chi connectivity index (χ2n) is 8.88. The average Bonchev–Trinajstić information content (AvgIpc) is 3.57. The summed E-state index contributed by atoms with van der Waals surface area (Å²) in [5, 5.41) is 2.93. The van der Waals surface area contributed by atoms with Crippen LogP contribution in [0.5, 0.6) is 0 Å². The summed E-state index contributed by atoms with van der Waals surface area (Å²) in [6.07, 6.45) is 4.29. The molecule has 7 heteroatoms. The molecule has 1 aliphatic carbocycles. The summed E-state index contributed by atoms with van der Waals surface area (Å²) in [6.45, 7) is 5.98. The largest absolute Gasteiger partial charge is 0.348 e. The zero-order valence-electron chi connectivity index (χ0n) is 18.0. The molecule has 31 heavy (non-hydrogen) atoms. The van der Waals surface area contributed by atoms with Crippen LogP contribution in [0.15, 0.2) is 53.4 Å². The number of piperidine rings is 1. The van der Waals surface area contributed by atoms with Crippen molar-refractivity contribution in [1.82, 2.24) is 14.9 Å². The minimum absolute atomic E-state index is 0.0576. The maximum absolute atomic E-state index is 12.5. The number of hydrogen-bond donors (Lipinski definition) is 2. The number of hydrogen-bond acceptors (Lipinski definition) is 4. The second kappa shape index (κ2) is 9.51. The SMILES string of the molecule is CC1CCN(Cc2cccc(CNC(=O)c3ccc(S(=O)(=O)NC4CC4)cc3)c2)CC1. The number of sulfonamides is 1. The normalized spacial score (nSPS) is 18.1. The Balaban J connectivity index is 1.31. The fraction of sp³-hybridized carbons (Fsp3) is 0.458. The van der Waals surface area contributed by atoms with Gasteiger partial charge in [0.05, 0.1) is 4.90 Å². The van der Waals surface area contributed by atoms with E-state index in [4.69, 9.17) is 0 Å². The zero-order chi connectivity index (χ0) is 21.8. The van der Waals surface area contributed by atoms with E-state index in [1.165, 1.54) is 30.5 Å². The molecule has 0 atom stereocenters. The summed E-state index contributed by atoms with van der Waals surface area (Å²) < 4.78 is 27.1. The van der Waals surface area contributed by atoms with Crippen molar-refractivity contribution in [2.75, 3.05) is 13.1 Å². The molecule has 1 saturated heterocycles. The van der Waals surface area contributed by atoms with Crippen molar-refractivity contribution in [2.24, 2.45) is 5.92 Å². The second-order valence-corrected chi connectivity index (χ2v) is 10.6. The van der Waals surface area contributed by atoms with Gasteiger partial charge < -0.3 is 5.32 Å². The number of nitrogens with one attached hydrogen (secondary N) is 2. The lowest BCUT2D eigenvalue weighted by molar-refractivity contribution is 0.0950. The lowest BCUT2D eigenvalue weighted by atomic mass is 9.98. The number of carbonyl (C=O) groups excluding carboxylic acids is 1. The lowest BCUT2D eigenvalue weighted by Gasteiger charge is -2.30. The summed E-state index contributed by atoms with van der Waals surface area (Å²) >= 11 is 0. The van der Waals surface area contributed by atoms with Crippen molar-refractivity contribution in [3.63, 3.8) is 0 Å². The Kier molecular flexibility index (Phi) is 6.74. The van der Waals surface area contributed by atoms with Gasteiger partial charge in [-0.25, -0.2) is 13.1 Å². The van der Waals surface area contributed by atoms with E-state index < -0.39 is 10.0 Å². The smallest absolute Gasteiger partial charge is 0.251 e. The monoisotopic (exact) mass is 441 g/mol. The third-order valence-electron chi connectivity index (χ3n) is 6.05. The van der Waals surface area contributed by atoms with E-state index in [1.54, 1.807) is 12.1 Å². The Morgan fingerprint density at radius 2 is 1.68 bits per heavy atom. The van der Waals surface area contributed by atoms with Gasteiger partial charge in [0.15, 0.2) is 0 Å². The lowest BCUT2D eigenvalue weighted by Crippen LogP contribution is -2.32. The zero-order valence-corrected chi connectivity index (χ0v) is 18.8. The molecule has 2 aromatic rings. The standard InChI is InChI=1S/C24H31N3O3S/c1-18-11-13-27(14-12-18)17-20-4-2-3-19(15-20)16-25-24(28)21-5-9-23(10-6-21)31(29,30)26-22-7-8-22/h2-6,9-10,15,18,22,26H,7-8,11-14,16-17H2,1H3,(H,25,28). The maximum atomic E-state index is 12.5. The summed E-state index contributed by atoms with van der Waals surface area (Å²) in [5.74, 6) is 0.607. The first kappa shape index (κ1) is 22.0. The molecule has 1 saturated carbocycles. The van der Waals surface area contributed by atoms with Crippen LogP contribution in [0.3, 0.4) is 0 Å². The number of likely N-dealkylation sites (tertiary alicyclic amines) is 1. The number of nitrogens with zero attached hydrogens (tertiary/aromatic N) is 1. The van der Waals surface area contributed by atoms with Crippen LogP contribution in [-0.2, 0) is 23.1 Å². The van der Waals surface area contributed by atoms with Gasteiger partial charge in [-0.15, -0.1) is 0 Å². The van der Waals surface area contributed by atoms with Gasteiger partial charge in [0.1, 0.15) is 0 Å². The Morgan fingerprint density at radius 1 is 1.00 bits per heavy atom. The number of carbonyl (C=O) groups is 1. The summed E-state index contributed by atoms with van der Waals surface area (Å²) in [4.78, 5) is 15.2. The molecule has 1 heterocycles. The van der Waals surface area contributed by atoms with E-state index in [1.807, 2.05) is 12.1 Å². The molecule has 4 rings (SSSR count). The Hall–Kier alpha value is -2.22. The van der Waals surface area contributed by atoms with Crippen molar-refractivity contribution in [2.45, 2.75) is 56.6 Å². The molecule has 2 aromatic carbocycles. The first-order valence-electron chi connectivity index (χ1n) is 11.1. The molecule has 1 aliphatic heterocycles. The molecule has 0 spiro atoms. The van der Waals surface area contributed by atoms with Gasteiger partial charge in [-0.2, -0.15) is 0 Å². The molecule has 0 aromatic heterocycles. The van der Waals surface area contributed by atoms with E-state index in [9.17, 15) is 13.2 Å². The van der Waals surface area contributed by atoms with Crippen LogP contribution in [0, 0.1) is 5.92 Å². The van der Waals surface area contributed by atoms with E-state index in [-0.39, 0.29) is 16.8 Å². The van der Waals surface area contributed by atoms with E-state index >= 15 is 0 Å². The van der Waals surface area contributed by atoms with Gasteiger partial charge in [0, 0.05) is 24.7 Å². The first-order valence-corrected chi connectivity index (χ1v) is 12.6. The molecule has 0 radical (unpaired) electrons. The van der Waals surface area contributed by atoms with Crippen molar-refractivity contribution >= 4 is 15.9 Å². The van der Waals surface area contributed by atoms with Crippen LogP contribution in [0.1, 0.15) is 54.1 Å². The molecule has 166 valence electrons. The fourth-order valence-corrected chi connectivity index (χ4v) is 5.18. The molecular formula is C24H31N3O3S. The van der Waals surface area contributed by atoms with E-state index in [0.29, 0.717) is 12.1 Å². The molecule has 0 bridgehead atoms. The number of rotatable bonds is 8. The van der Waals surface area contributed by atoms with Crippen LogP contribution in [0.2, 0.25) is 0 Å². The van der Waals surface area contributed by atoms with Crippen molar-refractivity contribution in [1.29, 1.82) is 0 Å². The minimum Gasteiger partial charge on any atom is -0.348 e. The van der Waals surface area contributed by atoms with Gasteiger partial charge in [-0.3, -0.25) is 9.69 Å². The average molecular weight is 442 g/mol. The Bertz CT molecular complexity index is 1010. The summed E-state index contributed by atoms with van der Waals surface area (Å²) in [5.41, 5.74) is 2.77. The van der Waals surface area contributed by atoms with Gasteiger partial charge in [-0.05, 0) is 80.1 Å². The van der Waals surface area contributed by atoms with Crippen LogP contribution >= 0.6 is 0 Å². The summed E-state index contributed by atoms with van der Waals surface area (Å²) in [7, 11) is -3.50. The highest BCUT2D eigenvalue weighted by Gasteiger charge is 2.28. The van der Waals surface area contributed by atoms with Crippen LogP contribution < -0.4 is 10.0 Å². The predicted molar refractivity (Wildman–Crippen MR) is 121 cm³/mol. The van der Waals surface area contributed by atoms with Gasteiger partial charge in [-0.1, -0.05) is 31.2 Å². The fourth-order valence-electron chi connectivity index (χ4n) is 3.87. The van der Waals surface area contributed by atoms with Gasteiger partial charge >= 0.3 is 0 Å². The van der Waals surface area contributed by atoms with Crippen LogP contribution in [0.25, 0.3) is 0 Å². The third kappa shape index (κ3) is 6.15. The first-order chi connectivity index (χ1) is 14.9. The summed E-state index contributed by atoms with van der Waals surface area (Å²) in [6, 6.07) is 14.5. The highest BCUT2D eigenvalue weighted by atomic mass is 32.2. The number of benzene rings is 2. The highest BCUT2D eigenvalue weighted by molar-refractivity contribution is 7.89. The Labute approximate surface area is 185 Å². The highest BCUT2D eigenvalue weighted by Crippen LogP contribution is 2.22. The predicted octanol–water partition coefficient (Wildman–Crippen LogP) is 3.29. The van der Waals surface area contributed by atoms with Crippen LogP contribution in [-0.4, -0.2) is 38.4 Å². The maximum Gasteiger partial charge on any atom is 0.251 e. The minimum atomic E-state index is -3.50. The third-order valence-corrected chi connectivity index (χ3v) is 7.59. The molecule has 2 aliphatic rings. The Morgan fingerprint density at radius 3 is 2.35 bits per heavy atom. The molecule has 1 amide bonds. The van der Waals surface area contributed by atoms with E-state index in [2.05, 4.69) is 34.0 Å². The molecule has 0 unspecified atom stereocenters. The van der Waals surface area contributed by atoms with Gasteiger partial charge in [0.2, 0.25) is 10.0 Å². The molecule has 2 fully saturated rings. The topological polar surface area (TPSA) is 78.5 Å². The van der Waals surface area contributed by atoms with Crippen LogP contribution in [0.4, 0.5) is 0 Å². The number of amides is 1. The molecule has 2 N–H and O–H groups in total. The van der Waals surface area contributed by atoms with Crippen molar-refractivity contribution in [3.05, 3.63) is 65.2 Å². The quantitative estimate of drug-likeness (QED) is 0.659. The van der Waals surface area contributed by atoms with Crippen molar-refractivity contribution in [3.8, 4) is 0 Å².